The van der Waals surface area contributed by atoms with Crippen molar-refractivity contribution in [1.29, 1.82) is 0 Å². The molecule has 3 nitrogen and oxygen atoms in total. The summed E-state index contributed by atoms with van der Waals surface area (Å²) in [4.78, 5) is 14.7. The van der Waals surface area contributed by atoms with E-state index in [-0.39, 0.29) is 5.69 Å². The third-order valence-corrected chi connectivity index (χ3v) is 2.54. The van der Waals surface area contributed by atoms with Crippen LogP contribution in [0.25, 0.3) is 11.1 Å². The number of carbonyl (C=O) groups excluding carboxylic acids is 1. The van der Waals surface area contributed by atoms with Gasteiger partial charge >= 0.3 is 6.18 Å². The lowest BCUT2D eigenvalue weighted by Crippen LogP contribution is -2.12. The van der Waals surface area contributed by atoms with Gasteiger partial charge in [-0.05, 0) is 35.4 Å². The number of amides is 1. The highest BCUT2D eigenvalue weighted by Crippen LogP contribution is 2.32. The zero-order chi connectivity index (χ0) is 14.0. The molecule has 1 aromatic heterocycles. The van der Waals surface area contributed by atoms with Crippen molar-refractivity contribution in [2.45, 2.75) is 6.18 Å². The maximum atomic E-state index is 12.6. The molecule has 1 heterocycles. The maximum absolute atomic E-state index is 12.6. The van der Waals surface area contributed by atoms with E-state index in [1.165, 1.54) is 30.5 Å². The predicted molar refractivity (Wildman–Crippen MR) is 63.2 cm³/mol. The molecular weight excluding hydrogens is 257 g/mol. The Hall–Kier alpha value is -2.37. The van der Waals surface area contributed by atoms with Gasteiger partial charge in [0.25, 0.3) is 5.91 Å². The van der Waals surface area contributed by atoms with Gasteiger partial charge < -0.3 is 5.73 Å². The quantitative estimate of drug-likeness (QED) is 0.908. The fraction of sp³-hybridized carbons (Fsp3) is 0.0769. The highest BCUT2D eigenvalue weighted by atomic mass is 19.4. The lowest BCUT2D eigenvalue weighted by Gasteiger charge is -2.09. The van der Waals surface area contributed by atoms with Gasteiger partial charge in [0.1, 0.15) is 5.69 Å². The number of carbonyl (C=O) groups is 1. The topological polar surface area (TPSA) is 56.0 Å². The molecule has 0 aliphatic carbocycles. The number of nitrogens with zero attached hydrogens (tertiary/aromatic N) is 1. The Morgan fingerprint density at radius 3 is 2.42 bits per heavy atom. The molecule has 0 saturated carbocycles. The number of aromatic nitrogens is 1. The Morgan fingerprint density at radius 1 is 1.11 bits per heavy atom. The number of primary amides is 1. The molecule has 19 heavy (non-hydrogen) atoms. The minimum absolute atomic E-state index is 0.00918. The average Bonchev–Trinajstić information content (AvgIpc) is 2.38. The second kappa shape index (κ2) is 4.72. The van der Waals surface area contributed by atoms with Gasteiger partial charge in [0.05, 0.1) is 5.56 Å². The zero-order valence-corrected chi connectivity index (χ0v) is 9.61. The lowest BCUT2D eigenvalue weighted by atomic mass is 10.0. The molecule has 1 amide bonds. The third kappa shape index (κ3) is 2.90. The summed E-state index contributed by atoms with van der Waals surface area (Å²) in [7, 11) is 0. The molecule has 0 aliphatic heterocycles. The summed E-state index contributed by atoms with van der Waals surface area (Å²) in [5, 5.41) is 0. The average molecular weight is 266 g/mol. The van der Waals surface area contributed by atoms with Crippen molar-refractivity contribution < 1.29 is 18.0 Å². The van der Waals surface area contributed by atoms with E-state index in [9.17, 15) is 18.0 Å². The molecule has 0 atom stereocenters. The minimum Gasteiger partial charge on any atom is -0.364 e. The van der Waals surface area contributed by atoms with E-state index in [2.05, 4.69) is 4.98 Å². The molecule has 0 spiro atoms. The monoisotopic (exact) mass is 266 g/mol. The molecule has 2 rings (SSSR count). The van der Waals surface area contributed by atoms with Crippen LogP contribution in [0.4, 0.5) is 13.2 Å². The Labute approximate surface area is 106 Å². The molecule has 0 bridgehead atoms. The van der Waals surface area contributed by atoms with E-state index in [0.717, 1.165) is 12.1 Å². The van der Waals surface area contributed by atoms with Crippen LogP contribution in [0.15, 0.2) is 42.6 Å². The number of nitrogens with two attached hydrogens (primary N) is 1. The first-order valence-electron chi connectivity index (χ1n) is 5.31. The summed E-state index contributed by atoms with van der Waals surface area (Å²) in [6.07, 6.45) is -3.08. The van der Waals surface area contributed by atoms with Gasteiger partial charge in [-0.15, -0.1) is 0 Å². The Balaban J connectivity index is 2.48. The molecule has 0 aliphatic rings. The van der Waals surface area contributed by atoms with Crippen LogP contribution in [0.2, 0.25) is 0 Å². The molecule has 0 saturated heterocycles. The maximum Gasteiger partial charge on any atom is 0.416 e. The first kappa shape index (κ1) is 13.1. The summed E-state index contributed by atoms with van der Waals surface area (Å²) < 4.78 is 37.8. The molecule has 0 fully saturated rings. The first-order chi connectivity index (χ1) is 8.88. The van der Waals surface area contributed by atoms with Crippen molar-refractivity contribution >= 4 is 5.91 Å². The smallest absolute Gasteiger partial charge is 0.364 e. The Kier molecular flexibility index (Phi) is 3.25. The van der Waals surface area contributed by atoms with Crippen molar-refractivity contribution in [3.05, 3.63) is 53.9 Å². The molecular formula is C13H9F3N2O. The minimum atomic E-state index is -4.41. The van der Waals surface area contributed by atoms with Crippen molar-refractivity contribution in [2.24, 2.45) is 5.73 Å². The van der Waals surface area contributed by atoms with Crippen LogP contribution >= 0.6 is 0 Å². The van der Waals surface area contributed by atoms with Crippen molar-refractivity contribution in [3.8, 4) is 11.1 Å². The molecule has 6 heteroatoms. The SMILES string of the molecule is NC(=O)c1cc(-c2cccc(C(F)(F)F)c2)ccn1. The van der Waals surface area contributed by atoms with Gasteiger partial charge in [0.15, 0.2) is 0 Å². The number of alkyl halides is 3. The normalized spacial score (nSPS) is 11.3. The van der Waals surface area contributed by atoms with E-state index in [4.69, 9.17) is 5.73 Å². The zero-order valence-electron chi connectivity index (χ0n) is 9.61. The fourth-order valence-electron chi connectivity index (χ4n) is 1.62. The highest BCUT2D eigenvalue weighted by Gasteiger charge is 2.30. The van der Waals surface area contributed by atoms with Gasteiger partial charge in [-0.3, -0.25) is 9.78 Å². The van der Waals surface area contributed by atoms with Crippen LogP contribution < -0.4 is 5.73 Å². The van der Waals surface area contributed by atoms with Crippen LogP contribution in [0, 0.1) is 0 Å². The number of hydrogen-bond acceptors (Lipinski definition) is 2. The van der Waals surface area contributed by atoms with Gasteiger partial charge in [0, 0.05) is 6.20 Å². The molecule has 2 N–H and O–H groups in total. The third-order valence-electron chi connectivity index (χ3n) is 2.54. The number of benzene rings is 1. The number of pyridine rings is 1. The van der Waals surface area contributed by atoms with E-state index < -0.39 is 17.6 Å². The highest BCUT2D eigenvalue weighted by molar-refractivity contribution is 5.92. The number of rotatable bonds is 2. The predicted octanol–water partition coefficient (Wildman–Crippen LogP) is 2.87. The largest absolute Gasteiger partial charge is 0.416 e. The lowest BCUT2D eigenvalue weighted by molar-refractivity contribution is -0.137. The van der Waals surface area contributed by atoms with Gasteiger partial charge in [-0.1, -0.05) is 12.1 Å². The van der Waals surface area contributed by atoms with Crippen molar-refractivity contribution in [3.63, 3.8) is 0 Å². The Bertz CT molecular complexity index is 623. The summed E-state index contributed by atoms with van der Waals surface area (Å²) in [5.41, 5.74) is 5.14. The van der Waals surface area contributed by atoms with Crippen LogP contribution in [-0.4, -0.2) is 10.9 Å². The van der Waals surface area contributed by atoms with Gasteiger partial charge in [0.2, 0.25) is 0 Å². The first-order valence-corrected chi connectivity index (χ1v) is 5.31. The summed E-state index contributed by atoms with van der Waals surface area (Å²) in [6.45, 7) is 0. The van der Waals surface area contributed by atoms with Crippen LogP contribution in [-0.2, 0) is 6.18 Å². The van der Waals surface area contributed by atoms with Crippen LogP contribution in [0.3, 0.4) is 0 Å². The van der Waals surface area contributed by atoms with Crippen molar-refractivity contribution in [2.75, 3.05) is 0 Å². The standard InChI is InChI=1S/C13H9F3N2O/c14-13(15,16)10-3-1-2-8(6-10)9-4-5-18-11(7-9)12(17)19/h1-7H,(H2,17,19). The fourth-order valence-corrected chi connectivity index (χ4v) is 1.62. The van der Waals surface area contributed by atoms with E-state index in [0.29, 0.717) is 11.1 Å². The molecule has 2 aromatic rings. The van der Waals surface area contributed by atoms with Crippen LogP contribution in [0.5, 0.6) is 0 Å². The number of halogens is 3. The molecule has 98 valence electrons. The summed E-state index contributed by atoms with van der Waals surface area (Å²) >= 11 is 0. The second-order valence-corrected chi connectivity index (χ2v) is 3.87. The van der Waals surface area contributed by atoms with E-state index in [1.54, 1.807) is 0 Å². The summed E-state index contributed by atoms with van der Waals surface area (Å²) in [6, 6.07) is 7.71. The molecule has 0 radical (unpaired) electrons. The molecule has 0 unspecified atom stereocenters. The van der Waals surface area contributed by atoms with Gasteiger partial charge in [-0.2, -0.15) is 13.2 Å². The molecule has 1 aromatic carbocycles. The number of hydrogen-bond donors (Lipinski definition) is 1. The van der Waals surface area contributed by atoms with Crippen molar-refractivity contribution in [1.82, 2.24) is 4.98 Å². The van der Waals surface area contributed by atoms with E-state index in [1.807, 2.05) is 0 Å². The van der Waals surface area contributed by atoms with E-state index >= 15 is 0 Å². The Morgan fingerprint density at radius 2 is 1.79 bits per heavy atom. The van der Waals surface area contributed by atoms with Crippen LogP contribution in [0.1, 0.15) is 16.1 Å². The summed E-state index contributed by atoms with van der Waals surface area (Å²) in [5.74, 6) is -0.728. The van der Waals surface area contributed by atoms with Gasteiger partial charge in [-0.25, -0.2) is 0 Å². The second-order valence-electron chi connectivity index (χ2n) is 3.87.